The second kappa shape index (κ2) is 7.73. The molecule has 0 aliphatic carbocycles. The van der Waals surface area contributed by atoms with Crippen LogP contribution in [0.15, 0.2) is 48.7 Å². The van der Waals surface area contributed by atoms with Gasteiger partial charge in [0.05, 0.1) is 7.11 Å². The van der Waals surface area contributed by atoms with Gasteiger partial charge in [0.25, 0.3) is 0 Å². The number of aromatic amines is 1. The summed E-state index contributed by atoms with van der Waals surface area (Å²) in [6, 6.07) is 12.7. The maximum absolute atomic E-state index is 12.1. The second-order valence-corrected chi connectivity index (χ2v) is 7.34. The lowest BCUT2D eigenvalue weighted by Crippen LogP contribution is -2.49. The van der Waals surface area contributed by atoms with Crippen LogP contribution in [0.5, 0.6) is 5.75 Å². The molecule has 0 unspecified atom stereocenters. The highest BCUT2D eigenvalue weighted by Crippen LogP contribution is 2.32. The number of nitrogens with one attached hydrogen (secondary N) is 1. The Balaban J connectivity index is 1.55. The van der Waals surface area contributed by atoms with Gasteiger partial charge >= 0.3 is 5.97 Å². The number of fused-ring (bicyclic) bond motifs is 1. The van der Waals surface area contributed by atoms with Crippen LogP contribution in [0.4, 0.5) is 5.69 Å². The summed E-state index contributed by atoms with van der Waals surface area (Å²) < 4.78 is 5.31. The van der Waals surface area contributed by atoms with Gasteiger partial charge in [0.15, 0.2) is 0 Å². The number of nitrogens with zero attached hydrogens (tertiary/aromatic N) is 2. The first-order valence-electron chi connectivity index (χ1n) is 9.19. The van der Waals surface area contributed by atoms with E-state index in [1.807, 2.05) is 35.2 Å². The fourth-order valence-corrected chi connectivity index (χ4v) is 4.04. The number of aromatic nitrogens is 1. The lowest BCUT2D eigenvalue weighted by Gasteiger charge is -2.38. The number of benzene rings is 2. The van der Waals surface area contributed by atoms with E-state index in [4.69, 9.17) is 16.3 Å². The Morgan fingerprint density at radius 2 is 1.96 bits per heavy atom. The zero-order chi connectivity index (χ0) is 19.7. The van der Waals surface area contributed by atoms with Crippen molar-refractivity contribution in [1.82, 2.24) is 9.88 Å². The molecule has 4 rings (SSSR count). The zero-order valence-electron chi connectivity index (χ0n) is 15.6. The van der Waals surface area contributed by atoms with Gasteiger partial charge in [0.1, 0.15) is 11.8 Å². The summed E-state index contributed by atoms with van der Waals surface area (Å²) in [5.74, 6) is -0.0327. The van der Waals surface area contributed by atoms with E-state index < -0.39 is 12.0 Å². The maximum atomic E-state index is 12.1. The fraction of sp³-hybridized carbons (Fsp3) is 0.286. The highest BCUT2D eigenvalue weighted by molar-refractivity contribution is 6.31. The van der Waals surface area contributed by atoms with Crippen molar-refractivity contribution in [3.8, 4) is 5.75 Å². The molecule has 1 saturated heterocycles. The number of H-pyrrole nitrogens is 1. The molecule has 0 radical (unpaired) electrons. The Hall–Kier alpha value is -2.70. The van der Waals surface area contributed by atoms with E-state index in [1.165, 1.54) is 0 Å². The highest BCUT2D eigenvalue weighted by Gasteiger charge is 2.32. The van der Waals surface area contributed by atoms with E-state index >= 15 is 0 Å². The zero-order valence-corrected chi connectivity index (χ0v) is 16.3. The van der Waals surface area contributed by atoms with Crippen LogP contribution in [0.25, 0.3) is 10.9 Å². The number of anilines is 1. The molecule has 2 N–H and O–H groups in total. The van der Waals surface area contributed by atoms with Crippen molar-refractivity contribution in [3.05, 3.63) is 59.2 Å². The standard InChI is InChI=1S/C21H22ClN3O3/c1-28-16-4-2-3-15(12-16)24-7-9-25(10-8-24)20(21(26)27)18-13-23-19-6-5-14(22)11-17(18)19/h2-6,11-13,20,23H,7-10H2,1H3,(H,26,27)/t20-/m1/s1. The molecule has 28 heavy (non-hydrogen) atoms. The number of rotatable bonds is 5. The van der Waals surface area contributed by atoms with Gasteiger partial charge in [0, 0.05) is 65.6 Å². The number of carbonyl (C=O) groups is 1. The average molecular weight is 400 g/mol. The van der Waals surface area contributed by atoms with Crippen LogP contribution in [0, 0.1) is 0 Å². The van der Waals surface area contributed by atoms with Gasteiger partial charge in [-0.05, 0) is 30.3 Å². The molecule has 0 spiro atoms. The first kappa shape index (κ1) is 18.7. The third-order valence-corrected chi connectivity index (χ3v) is 5.54. The fourth-order valence-electron chi connectivity index (χ4n) is 3.87. The molecule has 3 aromatic rings. The molecule has 6 nitrogen and oxygen atoms in total. The number of ether oxygens (including phenoxy) is 1. The van der Waals surface area contributed by atoms with Gasteiger partial charge in [-0.15, -0.1) is 0 Å². The maximum Gasteiger partial charge on any atom is 0.325 e. The van der Waals surface area contributed by atoms with Crippen molar-refractivity contribution in [2.24, 2.45) is 0 Å². The summed E-state index contributed by atoms with van der Waals surface area (Å²) in [4.78, 5) is 19.6. The largest absolute Gasteiger partial charge is 0.497 e. The van der Waals surface area contributed by atoms with Crippen molar-refractivity contribution in [1.29, 1.82) is 0 Å². The van der Waals surface area contributed by atoms with Gasteiger partial charge in [-0.3, -0.25) is 9.69 Å². The van der Waals surface area contributed by atoms with Crippen LogP contribution >= 0.6 is 11.6 Å². The van der Waals surface area contributed by atoms with Gasteiger partial charge in [-0.25, -0.2) is 0 Å². The lowest BCUT2D eigenvalue weighted by molar-refractivity contribution is -0.143. The van der Waals surface area contributed by atoms with Crippen molar-refractivity contribution in [3.63, 3.8) is 0 Å². The highest BCUT2D eigenvalue weighted by atomic mass is 35.5. The topological polar surface area (TPSA) is 68.8 Å². The van der Waals surface area contributed by atoms with Crippen LogP contribution in [0.1, 0.15) is 11.6 Å². The normalized spacial score (nSPS) is 16.3. The summed E-state index contributed by atoms with van der Waals surface area (Å²) in [5.41, 5.74) is 2.73. The Kier molecular flexibility index (Phi) is 5.15. The summed E-state index contributed by atoms with van der Waals surface area (Å²) in [6.45, 7) is 2.81. The van der Waals surface area contributed by atoms with Crippen LogP contribution < -0.4 is 9.64 Å². The molecule has 7 heteroatoms. The number of carboxylic acid groups (broad SMARTS) is 1. The average Bonchev–Trinajstić information content (AvgIpc) is 3.11. The van der Waals surface area contributed by atoms with Crippen molar-refractivity contribution >= 4 is 34.2 Å². The number of carboxylic acids is 1. The minimum atomic E-state index is -0.851. The van der Waals surface area contributed by atoms with Crippen LogP contribution in [-0.4, -0.2) is 54.2 Å². The molecule has 0 bridgehead atoms. The molecule has 1 aromatic heterocycles. The molecule has 1 aliphatic rings. The summed E-state index contributed by atoms with van der Waals surface area (Å²) in [6.07, 6.45) is 1.79. The quantitative estimate of drug-likeness (QED) is 0.683. The second-order valence-electron chi connectivity index (χ2n) is 6.90. The smallest absolute Gasteiger partial charge is 0.325 e. The molecule has 1 fully saturated rings. The summed E-state index contributed by atoms with van der Waals surface area (Å²) in [5, 5.41) is 11.4. The molecule has 2 heterocycles. The first-order valence-corrected chi connectivity index (χ1v) is 9.57. The Bertz CT molecular complexity index is 995. The Labute approximate surface area is 168 Å². The molecule has 2 aromatic carbocycles. The molecule has 1 atom stereocenters. The van der Waals surface area contributed by atoms with E-state index in [-0.39, 0.29) is 0 Å². The van der Waals surface area contributed by atoms with Crippen molar-refractivity contribution in [2.75, 3.05) is 38.2 Å². The number of halogens is 1. The van der Waals surface area contributed by atoms with Gasteiger partial charge < -0.3 is 19.7 Å². The molecular formula is C21H22ClN3O3. The number of methoxy groups -OCH3 is 1. The van der Waals surface area contributed by atoms with Gasteiger partial charge in [-0.2, -0.15) is 0 Å². The summed E-state index contributed by atoms with van der Waals surface area (Å²) >= 11 is 6.14. The van der Waals surface area contributed by atoms with E-state index in [0.29, 0.717) is 18.1 Å². The predicted octanol–water partition coefficient (Wildman–Crippen LogP) is 3.78. The van der Waals surface area contributed by atoms with Crippen LogP contribution in [0.2, 0.25) is 5.02 Å². The molecular weight excluding hydrogens is 378 g/mol. The number of hydrogen-bond donors (Lipinski definition) is 2. The minimum Gasteiger partial charge on any atom is -0.497 e. The van der Waals surface area contributed by atoms with E-state index in [9.17, 15) is 9.90 Å². The van der Waals surface area contributed by atoms with Crippen LogP contribution in [0.3, 0.4) is 0 Å². The predicted molar refractivity (Wildman–Crippen MR) is 110 cm³/mol. The Morgan fingerprint density at radius 1 is 1.18 bits per heavy atom. The monoisotopic (exact) mass is 399 g/mol. The SMILES string of the molecule is COc1cccc(N2CCN([C@@H](C(=O)O)c3c[nH]c4ccc(Cl)cc34)CC2)c1. The molecule has 0 amide bonds. The third kappa shape index (κ3) is 3.53. The number of hydrogen-bond acceptors (Lipinski definition) is 4. The Morgan fingerprint density at radius 3 is 2.68 bits per heavy atom. The molecule has 146 valence electrons. The number of aliphatic carboxylic acids is 1. The first-order chi connectivity index (χ1) is 13.6. The van der Waals surface area contributed by atoms with E-state index in [1.54, 1.807) is 19.4 Å². The molecule has 1 aliphatic heterocycles. The lowest BCUT2D eigenvalue weighted by atomic mass is 10.0. The van der Waals surface area contributed by atoms with E-state index in [2.05, 4.69) is 16.0 Å². The van der Waals surface area contributed by atoms with E-state index in [0.717, 1.165) is 41.0 Å². The summed E-state index contributed by atoms with van der Waals surface area (Å²) in [7, 11) is 1.65. The van der Waals surface area contributed by atoms with Crippen molar-refractivity contribution < 1.29 is 14.6 Å². The minimum absolute atomic E-state index is 0.598. The van der Waals surface area contributed by atoms with Crippen molar-refractivity contribution in [2.45, 2.75) is 6.04 Å². The third-order valence-electron chi connectivity index (χ3n) is 5.30. The van der Waals surface area contributed by atoms with Crippen LogP contribution in [-0.2, 0) is 4.79 Å². The number of piperazine rings is 1. The molecule has 0 saturated carbocycles. The van der Waals surface area contributed by atoms with Gasteiger partial charge in [-0.1, -0.05) is 17.7 Å². The van der Waals surface area contributed by atoms with Gasteiger partial charge in [0.2, 0.25) is 0 Å².